The average Bonchev–Trinajstić information content (AvgIpc) is 2.85. The first-order valence-electron chi connectivity index (χ1n) is 15.5. The summed E-state index contributed by atoms with van der Waals surface area (Å²) < 4.78 is 0. The molecule has 0 aliphatic carbocycles. The second kappa shape index (κ2) is 12.3. The van der Waals surface area contributed by atoms with Crippen LogP contribution in [0, 0.1) is 5.92 Å². The van der Waals surface area contributed by atoms with E-state index < -0.39 is 12.1 Å². The molecule has 9 heteroatoms. The molecule has 5 rings (SSSR count). The van der Waals surface area contributed by atoms with Crippen molar-refractivity contribution in [1.29, 1.82) is 0 Å². The number of amides is 1. The zero-order chi connectivity index (χ0) is 26.9. The molecule has 38 heavy (non-hydrogen) atoms. The highest BCUT2D eigenvalue weighted by Gasteiger charge is 2.54. The molecular formula is C29H52ClN7O. The Bertz CT molecular complexity index is 843. The van der Waals surface area contributed by atoms with Gasteiger partial charge in [0.2, 0.25) is 5.91 Å². The van der Waals surface area contributed by atoms with Gasteiger partial charge in [0.15, 0.2) is 0 Å². The van der Waals surface area contributed by atoms with Crippen LogP contribution in [0.4, 0.5) is 0 Å². The molecule has 1 amide bonds. The molecule has 0 aromatic heterocycles. The van der Waals surface area contributed by atoms with Crippen LogP contribution in [-0.4, -0.2) is 107 Å². The lowest BCUT2D eigenvalue weighted by atomic mass is 9.70. The molecule has 5 aliphatic heterocycles. The topological polar surface area (TPSA) is 94.1 Å². The molecule has 5 atom stereocenters. The smallest absolute Gasteiger partial charge is 0.228 e. The monoisotopic (exact) mass is 549 g/mol. The van der Waals surface area contributed by atoms with Gasteiger partial charge in [-0.1, -0.05) is 31.4 Å². The van der Waals surface area contributed by atoms with Gasteiger partial charge in [-0.2, -0.15) is 0 Å². The number of unbranched alkanes of at least 4 members (excludes halogenated alkanes) is 2. The number of nitrogens with one attached hydrogen (secondary N) is 1. The summed E-state index contributed by atoms with van der Waals surface area (Å²) in [4.78, 5) is 24.1. The van der Waals surface area contributed by atoms with Crippen LogP contribution in [-0.2, 0) is 4.79 Å². The van der Waals surface area contributed by atoms with E-state index in [2.05, 4.69) is 38.8 Å². The van der Waals surface area contributed by atoms with Gasteiger partial charge in [0.1, 0.15) is 0 Å². The highest BCUT2D eigenvalue weighted by Crippen LogP contribution is 2.48. The fourth-order valence-corrected chi connectivity index (χ4v) is 8.08. The standard InChI is InChI=1S/C29H52ClN7O/c1-3-4-5-12-34-15-10-24(36-16-8-22(9-17-36)35-13-6-14-35)23(20-34)33-28(38)26(27(31)32)25-18-29(2)11-7-21(30)19-37(25)29/h19,22-27H,3-18,20,31-32H2,1-2H3,(H,33,38)/t23?,24?,25?,26?,29-/m1/s1. The summed E-state index contributed by atoms with van der Waals surface area (Å²) in [5.74, 6) is -0.432. The molecule has 5 N–H and O–H groups in total. The summed E-state index contributed by atoms with van der Waals surface area (Å²) >= 11 is 6.42. The van der Waals surface area contributed by atoms with E-state index in [0.29, 0.717) is 6.04 Å². The summed E-state index contributed by atoms with van der Waals surface area (Å²) in [7, 11) is 0. The first kappa shape index (κ1) is 28.6. The maximum Gasteiger partial charge on any atom is 0.228 e. The van der Waals surface area contributed by atoms with Crippen LogP contribution in [0.1, 0.15) is 78.1 Å². The van der Waals surface area contributed by atoms with Gasteiger partial charge in [0.05, 0.1) is 18.1 Å². The van der Waals surface area contributed by atoms with Crippen molar-refractivity contribution in [3.05, 3.63) is 11.2 Å². The summed E-state index contributed by atoms with van der Waals surface area (Å²) in [5.41, 5.74) is 12.7. The Hall–Kier alpha value is -0.900. The number of nitrogens with two attached hydrogens (primary N) is 2. The van der Waals surface area contributed by atoms with E-state index in [4.69, 9.17) is 23.1 Å². The molecule has 0 aromatic rings. The largest absolute Gasteiger partial charge is 0.367 e. The van der Waals surface area contributed by atoms with Crippen molar-refractivity contribution in [2.24, 2.45) is 17.4 Å². The van der Waals surface area contributed by atoms with Crippen molar-refractivity contribution in [2.75, 3.05) is 45.8 Å². The summed E-state index contributed by atoms with van der Waals surface area (Å²) in [5, 5.41) is 4.37. The van der Waals surface area contributed by atoms with Gasteiger partial charge in [-0.05, 0) is 84.5 Å². The van der Waals surface area contributed by atoms with E-state index in [0.717, 1.165) is 69.5 Å². The molecule has 0 radical (unpaired) electrons. The third-order valence-corrected chi connectivity index (χ3v) is 10.7. The SMILES string of the molecule is CCCCCN1CCC(N2CCC(N3CCC3)CC2)C(NC(=O)C(C(N)N)C2C[C@@]3(C)CCC(Cl)=CN23)C1. The van der Waals surface area contributed by atoms with Gasteiger partial charge in [-0.3, -0.25) is 9.69 Å². The van der Waals surface area contributed by atoms with E-state index in [9.17, 15) is 4.79 Å². The highest BCUT2D eigenvalue weighted by molar-refractivity contribution is 6.29. The Kier molecular flexibility index (Phi) is 9.27. The third kappa shape index (κ3) is 6.06. The van der Waals surface area contributed by atoms with E-state index in [-0.39, 0.29) is 23.5 Å². The lowest BCUT2D eigenvalue weighted by Crippen LogP contribution is -2.71. The van der Waals surface area contributed by atoms with Crippen LogP contribution in [0.3, 0.4) is 0 Å². The molecule has 5 aliphatic rings. The molecule has 0 saturated carbocycles. The number of allylic oxidation sites excluding steroid dienone is 1. The minimum atomic E-state index is -0.700. The number of fused-ring (bicyclic) bond motifs is 1. The van der Waals surface area contributed by atoms with Crippen molar-refractivity contribution in [2.45, 2.75) is 114 Å². The Morgan fingerprint density at radius 2 is 1.89 bits per heavy atom. The van der Waals surface area contributed by atoms with Crippen molar-refractivity contribution in [3.8, 4) is 0 Å². The molecule has 4 fully saturated rings. The minimum Gasteiger partial charge on any atom is -0.367 e. The van der Waals surface area contributed by atoms with E-state index in [1.165, 1.54) is 51.6 Å². The number of likely N-dealkylation sites (tertiary alicyclic amines) is 3. The first-order chi connectivity index (χ1) is 18.3. The number of hydrogen-bond acceptors (Lipinski definition) is 7. The minimum absolute atomic E-state index is 0.00372. The first-order valence-corrected chi connectivity index (χ1v) is 15.8. The zero-order valence-electron chi connectivity index (χ0n) is 23.8. The highest BCUT2D eigenvalue weighted by atomic mass is 35.5. The Morgan fingerprint density at radius 3 is 2.55 bits per heavy atom. The van der Waals surface area contributed by atoms with Crippen molar-refractivity contribution >= 4 is 17.5 Å². The quantitative estimate of drug-likeness (QED) is 0.285. The van der Waals surface area contributed by atoms with Crippen LogP contribution in [0.5, 0.6) is 0 Å². The normalized spacial score (nSPS) is 34.3. The molecule has 0 bridgehead atoms. The maximum absolute atomic E-state index is 13.9. The fraction of sp³-hybridized carbons (Fsp3) is 0.897. The number of carbonyl (C=O) groups is 1. The van der Waals surface area contributed by atoms with Gasteiger partial charge in [0.25, 0.3) is 0 Å². The van der Waals surface area contributed by atoms with Gasteiger partial charge in [0, 0.05) is 54.5 Å². The summed E-state index contributed by atoms with van der Waals surface area (Å²) in [6.07, 6.45) is 12.8. The number of carbonyl (C=O) groups excluding carboxylic acids is 1. The number of halogens is 1. The number of rotatable bonds is 10. The fourth-order valence-electron chi connectivity index (χ4n) is 7.88. The van der Waals surface area contributed by atoms with Crippen molar-refractivity contribution in [1.82, 2.24) is 24.9 Å². The number of hydrogen-bond donors (Lipinski definition) is 3. The van der Waals surface area contributed by atoms with Crippen LogP contribution >= 0.6 is 11.6 Å². The van der Waals surface area contributed by atoms with Crippen molar-refractivity contribution < 1.29 is 4.79 Å². The van der Waals surface area contributed by atoms with Crippen molar-refractivity contribution in [3.63, 3.8) is 0 Å². The average molecular weight is 550 g/mol. The molecule has 5 heterocycles. The molecule has 0 spiro atoms. The Labute approximate surface area is 235 Å². The molecule has 4 unspecified atom stereocenters. The van der Waals surface area contributed by atoms with Crippen LogP contribution < -0.4 is 16.8 Å². The molecule has 8 nitrogen and oxygen atoms in total. The van der Waals surface area contributed by atoms with Gasteiger partial charge < -0.3 is 31.5 Å². The van der Waals surface area contributed by atoms with E-state index in [1.807, 2.05) is 6.20 Å². The number of piperidine rings is 2. The maximum atomic E-state index is 13.9. The van der Waals surface area contributed by atoms with Crippen LogP contribution in [0.25, 0.3) is 0 Å². The predicted octanol–water partition coefficient (Wildman–Crippen LogP) is 2.47. The second-order valence-corrected chi connectivity index (χ2v) is 13.5. The van der Waals surface area contributed by atoms with Gasteiger partial charge >= 0.3 is 0 Å². The molecule has 4 saturated heterocycles. The Morgan fingerprint density at radius 1 is 1.13 bits per heavy atom. The van der Waals surface area contributed by atoms with E-state index in [1.54, 1.807) is 0 Å². The molecule has 0 aromatic carbocycles. The summed E-state index contributed by atoms with van der Waals surface area (Å²) in [6.45, 7) is 12.5. The lowest BCUT2D eigenvalue weighted by molar-refractivity contribution is -0.137. The van der Waals surface area contributed by atoms with Crippen LogP contribution in [0.2, 0.25) is 0 Å². The number of nitrogens with zero attached hydrogens (tertiary/aromatic N) is 4. The van der Waals surface area contributed by atoms with Crippen LogP contribution in [0.15, 0.2) is 11.2 Å². The van der Waals surface area contributed by atoms with Gasteiger partial charge in [-0.25, -0.2) is 0 Å². The lowest BCUT2D eigenvalue weighted by Gasteiger charge is -2.61. The second-order valence-electron chi connectivity index (χ2n) is 13.0. The predicted molar refractivity (Wildman–Crippen MR) is 155 cm³/mol. The zero-order valence-corrected chi connectivity index (χ0v) is 24.5. The molecule has 216 valence electrons. The van der Waals surface area contributed by atoms with E-state index >= 15 is 0 Å². The Balaban J connectivity index is 1.26. The third-order valence-electron chi connectivity index (χ3n) is 10.4. The van der Waals surface area contributed by atoms with Gasteiger partial charge in [-0.15, -0.1) is 0 Å². The molecular weight excluding hydrogens is 498 g/mol. The summed E-state index contributed by atoms with van der Waals surface area (Å²) in [6, 6.07) is 1.24.